The van der Waals surface area contributed by atoms with Crippen molar-refractivity contribution in [2.24, 2.45) is 5.92 Å². The van der Waals surface area contributed by atoms with Gasteiger partial charge in [0.15, 0.2) is 0 Å². The molecule has 2 N–H and O–H groups in total. The minimum absolute atomic E-state index is 0.168. The van der Waals surface area contributed by atoms with Crippen molar-refractivity contribution in [2.75, 3.05) is 25.0 Å². The largest absolute Gasteiger partial charge is 0.338 e. The number of carbonyl (C=O) groups excluding carboxylic acids is 2. The summed E-state index contributed by atoms with van der Waals surface area (Å²) in [6.45, 7) is 4.13. The van der Waals surface area contributed by atoms with Gasteiger partial charge in [0.05, 0.1) is 4.88 Å². The molecule has 1 aromatic heterocycles. The summed E-state index contributed by atoms with van der Waals surface area (Å²) < 4.78 is 0. The maximum Gasteiger partial charge on any atom is 0.319 e. The molecular formula is C24H31N3O2S. The average Bonchev–Trinajstić information content (AvgIpc) is 3.04. The second-order valence-corrected chi connectivity index (χ2v) is 9.72. The second-order valence-electron chi connectivity index (χ2n) is 8.58. The molecule has 0 radical (unpaired) electrons. The topological polar surface area (TPSA) is 61.4 Å². The number of carbonyl (C=O) groups is 2. The minimum Gasteiger partial charge on any atom is -0.338 e. The molecule has 0 bridgehead atoms. The number of rotatable bonds is 4. The Hall–Kier alpha value is -2.34. The number of nitrogens with one attached hydrogen (secondary N) is 2. The maximum absolute atomic E-state index is 13.1. The van der Waals surface area contributed by atoms with E-state index >= 15 is 0 Å². The molecule has 160 valence electrons. The third-order valence-corrected chi connectivity index (χ3v) is 7.35. The number of hydrogen-bond acceptors (Lipinski definition) is 3. The van der Waals surface area contributed by atoms with Gasteiger partial charge in [-0.3, -0.25) is 4.79 Å². The fraction of sp³-hybridized carbons (Fsp3) is 0.500. The van der Waals surface area contributed by atoms with Crippen molar-refractivity contribution in [1.29, 1.82) is 0 Å². The Labute approximate surface area is 182 Å². The molecule has 1 atom stereocenters. The number of aryl methyl sites for hydroxylation is 3. The van der Waals surface area contributed by atoms with Crippen molar-refractivity contribution >= 4 is 29.0 Å². The van der Waals surface area contributed by atoms with Crippen LogP contribution in [0.25, 0.3) is 0 Å². The van der Waals surface area contributed by atoms with Crippen molar-refractivity contribution < 1.29 is 9.59 Å². The SMILES string of the molecule is Cc1ccc(NC(=O)NCC2CCCN(C(=O)c3cc4c(s3)CCCCC4)C2)cc1. The van der Waals surface area contributed by atoms with Crippen molar-refractivity contribution in [3.05, 3.63) is 51.2 Å². The first-order valence-corrected chi connectivity index (χ1v) is 11.9. The van der Waals surface area contributed by atoms with E-state index in [2.05, 4.69) is 16.7 Å². The number of likely N-dealkylation sites (tertiary alicyclic amines) is 1. The monoisotopic (exact) mass is 425 g/mol. The first kappa shape index (κ1) is 20.9. The Kier molecular flexibility index (Phi) is 6.72. The molecule has 1 fully saturated rings. The Morgan fingerprint density at radius 3 is 2.73 bits per heavy atom. The lowest BCUT2D eigenvalue weighted by Gasteiger charge is -2.32. The van der Waals surface area contributed by atoms with Crippen LogP contribution in [0, 0.1) is 12.8 Å². The zero-order chi connectivity index (χ0) is 20.9. The van der Waals surface area contributed by atoms with Gasteiger partial charge in [-0.2, -0.15) is 0 Å². The highest BCUT2D eigenvalue weighted by molar-refractivity contribution is 7.14. The lowest BCUT2D eigenvalue weighted by molar-refractivity contribution is 0.0680. The van der Waals surface area contributed by atoms with Crippen LogP contribution < -0.4 is 10.6 Å². The van der Waals surface area contributed by atoms with Crippen LogP contribution >= 0.6 is 11.3 Å². The number of piperidine rings is 1. The number of fused-ring (bicyclic) bond motifs is 1. The normalized spacial score (nSPS) is 19.0. The van der Waals surface area contributed by atoms with Crippen LogP contribution in [0.3, 0.4) is 0 Å². The molecule has 1 saturated heterocycles. The highest BCUT2D eigenvalue weighted by Gasteiger charge is 2.26. The van der Waals surface area contributed by atoms with Crippen LogP contribution in [0.15, 0.2) is 30.3 Å². The molecule has 6 heteroatoms. The van der Waals surface area contributed by atoms with E-state index in [1.54, 1.807) is 11.3 Å². The highest BCUT2D eigenvalue weighted by Crippen LogP contribution is 2.30. The van der Waals surface area contributed by atoms with E-state index in [4.69, 9.17) is 0 Å². The summed E-state index contributed by atoms with van der Waals surface area (Å²) in [6, 6.07) is 9.71. The molecule has 1 aliphatic carbocycles. The quantitative estimate of drug-likeness (QED) is 0.677. The van der Waals surface area contributed by atoms with Crippen LogP contribution in [-0.2, 0) is 12.8 Å². The zero-order valence-corrected chi connectivity index (χ0v) is 18.5. The van der Waals surface area contributed by atoms with E-state index in [0.717, 1.165) is 48.4 Å². The number of amides is 3. The number of hydrogen-bond donors (Lipinski definition) is 2. The Morgan fingerprint density at radius 1 is 1.10 bits per heavy atom. The standard InChI is InChI=1S/C24H31N3O2S/c1-17-9-11-20(12-10-17)26-24(29)25-15-18-6-5-13-27(16-18)23(28)22-14-19-7-3-2-4-8-21(19)30-22/h9-12,14,18H,2-8,13,15-16H2,1H3,(H2,25,26,29). The molecule has 3 amide bonds. The molecule has 1 aromatic carbocycles. The first-order chi connectivity index (χ1) is 14.6. The average molecular weight is 426 g/mol. The van der Waals surface area contributed by atoms with Crippen LogP contribution in [0.5, 0.6) is 0 Å². The molecule has 1 unspecified atom stereocenters. The zero-order valence-electron chi connectivity index (χ0n) is 17.7. The molecule has 2 aromatic rings. The van der Waals surface area contributed by atoms with Gasteiger partial charge in [-0.25, -0.2) is 4.79 Å². The lowest BCUT2D eigenvalue weighted by atomic mass is 9.98. The molecule has 2 heterocycles. The van der Waals surface area contributed by atoms with Gasteiger partial charge in [0.2, 0.25) is 0 Å². The molecule has 0 saturated carbocycles. The van der Waals surface area contributed by atoms with Crippen molar-refractivity contribution in [3.8, 4) is 0 Å². The molecule has 1 aliphatic heterocycles. The fourth-order valence-corrected chi connectivity index (χ4v) is 5.62. The lowest BCUT2D eigenvalue weighted by Crippen LogP contribution is -2.44. The molecule has 2 aliphatic rings. The third kappa shape index (κ3) is 5.22. The Balaban J connectivity index is 1.29. The van der Waals surface area contributed by atoms with Gasteiger partial charge in [0.25, 0.3) is 5.91 Å². The van der Waals surface area contributed by atoms with E-state index in [1.807, 2.05) is 36.1 Å². The summed E-state index contributed by atoms with van der Waals surface area (Å²) in [7, 11) is 0. The van der Waals surface area contributed by atoms with Crippen molar-refractivity contribution in [2.45, 2.75) is 51.9 Å². The van der Waals surface area contributed by atoms with Crippen LogP contribution in [0.4, 0.5) is 10.5 Å². The predicted molar refractivity (Wildman–Crippen MR) is 122 cm³/mol. The second kappa shape index (κ2) is 9.65. The van der Waals surface area contributed by atoms with Gasteiger partial charge in [-0.05, 0) is 75.1 Å². The number of anilines is 1. The summed E-state index contributed by atoms with van der Waals surface area (Å²) in [5.41, 5.74) is 3.34. The van der Waals surface area contributed by atoms with Gasteiger partial charge in [0, 0.05) is 30.2 Å². The van der Waals surface area contributed by atoms with E-state index in [9.17, 15) is 9.59 Å². The summed E-state index contributed by atoms with van der Waals surface area (Å²) in [4.78, 5) is 29.6. The summed E-state index contributed by atoms with van der Waals surface area (Å²) >= 11 is 1.70. The van der Waals surface area contributed by atoms with E-state index < -0.39 is 0 Å². The number of benzene rings is 1. The Morgan fingerprint density at radius 2 is 1.90 bits per heavy atom. The molecule has 30 heavy (non-hydrogen) atoms. The van der Waals surface area contributed by atoms with Gasteiger partial charge in [-0.15, -0.1) is 11.3 Å². The van der Waals surface area contributed by atoms with E-state index in [1.165, 1.54) is 29.7 Å². The number of thiophene rings is 1. The van der Waals surface area contributed by atoms with Crippen molar-refractivity contribution in [3.63, 3.8) is 0 Å². The predicted octanol–water partition coefficient (Wildman–Crippen LogP) is 5.00. The summed E-state index contributed by atoms with van der Waals surface area (Å²) in [5, 5.41) is 5.85. The molecule has 4 rings (SSSR count). The van der Waals surface area contributed by atoms with Crippen LogP contribution in [0.2, 0.25) is 0 Å². The maximum atomic E-state index is 13.1. The third-order valence-electron chi connectivity index (χ3n) is 6.12. The van der Waals surface area contributed by atoms with Gasteiger partial charge < -0.3 is 15.5 Å². The van der Waals surface area contributed by atoms with Crippen LogP contribution in [0.1, 0.15) is 57.8 Å². The highest BCUT2D eigenvalue weighted by atomic mass is 32.1. The number of urea groups is 1. The van der Waals surface area contributed by atoms with E-state index in [0.29, 0.717) is 19.0 Å². The van der Waals surface area contributed by atoms with Gasteiger partial charge >= 0.3 is 6.03 Å². The van der Waals surface area contributed by atoms with Gasteiger partial charge in [0.1, 0.15) is 0 Å². The molecule has 0 spiro atoms. The Bertz CT molecular complexity index is 867. The molecular weight excluding hydrogens is 394 g/mol. The van der Waals surface area contributed by atoms with Crippen LogP contribution in [-0.4, -0.2) is 36.5 Å². The number of nitrogens with zero attached hydrogens (tertiary/aromatic N) is 1. The van der Waals surface area contributed by atoms with E-state index in [-0.39, 0.29) is 11.9 Å². The fourth-order valence-electron chi connectivity index (χ4n) is 4.39. The summed E-state index contributed by atoms with van der Waals surface area (Å²) in [6.07, 6.45) is 8.03. The first-order valence-electron chi connectivity index (χ1n) is 11.1. The summed E-state index contributed by atoms with van der Waals surface area (Å²) in [5.74, 6) is 0.464. The smallest absolute Gasteiger partial charge is 0.319 e. The van der Waals surface area contributed by atoms with Crippen molar-refractivity contribution in [1.82, 2.24) is 10.2 Å². The minimum atomic E-state index is -0.190. The molecule has 5 nitrogen and oxygen atoms in total. The van der Waals surface area contributed by atoms with Gasteiger partial charge in [-0.1, -0.05) is 24.1 Å².